The number of hydrogen-bond donors (Lipinski definition) is 0. The van der Waals surface area contributed by atoms with Crippen molar-refractivity contribution in [1.29, 1.82) is 0 Å². The van der Waals surface area contributed by atoms with Crippen LogP contribution in [0.3, 0.4) is 0 Å². The zero-order valence-electron chi connectivity index (χ0n) is 46.6. The summed E-state index contributed by atoms with van der Waals surface area (Å²) in [5.74, 6) is -0.492. The number of hydrogen-bond acceptors (Lipinski definition) is 13. The number of imidazole rings is 2. The molecule has 0 radical (unpaired) electrons. The van der Waals surface area contributed by atoms with Crippen molar-refractivity contribution in [2.24, 2.45) is 0 Å². The number of anilines is 1. The minimum Gasteiger partial charge on any atom is -0.413 e. The van der Waals surface area contributed by atoms with Gasteiger partial charge in [0.15, 0.2) is 25.8 Å². The first-order valence-corrected chi connectivity index (χ1v) is 35.9. The number of aryl methyl sites for hydroxylation is 4. The molecular weight excluding hydrogens is 1200 g/mol. The fourth-order valence-corrected chi connectivity index (χ4v) is 18.7. The van der Waals surface area contributed by atoms with E-state index in [1.165, 1.54) is 46.1 Å². The summed E-state index contributed by atoms with van der Waals surface area (Å²) in [7, 11) is -9.22. The first-order chi connectivity index (χ1) is 39.2. The highest BCUT2D eigenvalue weighted by Crippen LogP contribution is 2.41. The third-order valence-electron chi connectivity index (χ3n) is 16.8. The van der Waals surface area contributed by atoms with Crippen molar-refractivity contribution < 1.29 is 30.0 Å². The molecule has 0 bridgehead atoms. The van der Waals surface area contributed by atoms with Gasteiger partial charge >= 0.3 is 0 Å². The molecule has 0 unspecified atom stereocenters. The first-order valence-electron chi connectivity index (χ1n) is 27.7. The van der Waals surface area contributed by atoms with Gasteiger partial charge in [0.1, 0.15) is 11.6 Å². The van der Waals surface area contributed by atoms with Gasteiger partial charge in [-0.05, 0) is 124 Å². The average Bonchev–Trinajstić information content (AvgIpc) is 4.40. The fraction of sp³-hybridized carbons (Fsp3) is 0.390. The van der Waals surface area contributed by atoms with E-state index in [0.717, 1.165) is 118 Å². The second kappa shape index (κ2) is 24.0. The van der Waals surface area contributed by atoms with Crippen LogP contribution in [0.25, 0.3) is 22.5 Å². The van der Waals surface area contributed by atoms with E-state index < -0.39 is 28.4 Å². The Hall–Kier alpha value is -5.34. The van der Waals surface area contributed by atoms with Gasteiger partial charge in [-0.15, -0.1) is 0 Å². The molecule has 23 heteroatoms. The topological polar surface area (TPSA) is 152 Å². The van der Waals surface area contributed by atoms with Crippen molar-refractivity contribution in [2.75, 3.05) is 44.2 Å². The lowest BCUT2D eigenvalue weighted by Crippen LogP contribution is -2.50. The van der Waals surface area contributed by atoms with Crippen LogP contribution in [0.5, 0.6) is 0 Å². The van der Waals surface area contributed by atoms with E-state index in [9.17, 15) is 25.6 Å². The molecule has 4 aliphatic rings. The van der Waals surface area contributed by atoms with Gasteiger partial charge in [0, 0.05) is 82.6 Å². The number of benzene rings is 4. The van der Waals surface area contributed by atoms with E-state index in [-0.39, 0.29) is 27.0 Å². The van der Waals surface area contributed by atoms with Crippen molar-refractivity contribution >= 4 is 72.1 Å². The van der Waals surface area contributed by atoms with E-state index in [1.54, 1.807) is 47.4 Å². The number of thiazole rings is 2. The van der Waals surface area contributed by atoms with Crippen LogP contribution in [0.1, 0.15) is 60.6 Å². The highest BCUT2D eigenvalue weighted by Gasteiger charge is 2.44. The zero-order chi connectivity index (χ0) is 57.6. The highest BCUT2D eigenvalue weighted by atomic mass is 79.9. The van der Waals surface area contributed by atoms with Crippen LogP contribution in [-0.4, -0.2) is 119 Å². The molecule has 12 rings (SSSR count). The fourth-order valence-electron chi connectivity index (χ4n) is 11.2. The Morgan fingerprint density at radius 2 is 1.17 bits per heavy atom. The highest BCUT2D eigenvalue weighted by molar-refractivity contribution is 9.11. The van der Waals surface area contributed by atoms with Crippen LogP contribution in [-0.2, 0) is 76.3 Å². The van der Waals surface area contributed by atoms with Crippen LogP contribution < -0.4 is 4.90 Å². The maximum atomic E-state index is 14.1. The summed E-state index contributed by atoms with van der Waals surface area (Å²) >= 11 is 5.65. The van der Waals surface area contributed by atoms with Gasteiger partial charge in [-0.1, -0.05) is 104 Å². The number of halogens is 3. The van der Waals surface area contributed by atoms with Crippen LogP contribution in [0.15, 0.2) is 135 Å². The second-order valence-corrected chi connectivity index (χ2v) is 35.4. The summed E-state index contributed by atoms with van der Waals surface area (Å²) in [6, 6.07) is 25.7. The van der Waals surface area contributed by atoms with Crippen molar-refractivity contribution in [2.45, 2.75) is 118 Å². The summed E-state index contributed by atoms with van der Waals surface area (Å²) in [6.07, 6.45) is 14.2. The number of fused-ring (bicyclic) bond motifs is 3. The molecule has 8 heterocycles. The Morgan fingerprint density at radius 1 is 0.659 bits per heavy atom. The Morgan fingerprint density at radius 3 is 1.67 bits per heavy atom. The van der Waals surface area contributed by atoms with E-state index in [4.69, 9.17) is 4.43 Å². The molecule has 2 saturated heterocycles. The molecule has 15 nitrogen and oxygen atoms in total. The molecule has 0 spiro atoms. The molecule has 432 valence electrons. The number of nitrogens with zero attached hydrogens (tertiary/aromatic N) is 10. The van der Waals surface area contributed by atoms with Gasteiger partial charge in [-0.3, -0.25) is 4.90 Å². The molecular formula is C59H67BrF2N10O5S4Si. The lowest BCUT2D eigenvalue weighted by Gasteiger charge is -2.38. The molecule has 8 aromatic rings. The number of piperazine rings is 1. The number of sulfonamides is 2. The largest absolute Gasteiger partial charge is 0.413 e. The third kappa shape index (κ3) is 12.5. The second-order valence-electron chi connectivity index (χ2n) is 23.0. The quantitative estimate of drug-likeness (QED) is 0.0902. The lowest BCUT2D eigenvalue weighted by molar-refractivity contribution is 0.177. The SMILES string of the molecule is CC(C)(C)[Si](C)(C)O[C@@H]1C[C@H]2CN(c3ncc(S(=O)(=O)N4CCc5cccc(-c6cncn6CCc6ccc(F)cc6)c5C4)s3)CCN2C1.O=S(=O)(c1cnc(Br)s1)N1CCc2cccc(-c3cncn3CCc3ccc(F)cc3)c2C1. The molecule has 0 saturated carbocycles. The monoisotopic (exact) mass is 1270 g/mol. The van der Waals surface area contributed by atoms with Gasteiger partial charge in [-0.25, -0.2) is 45.6 Å². The van der Waals surface area contributed by atoms with Gasteiger partial charge in [-0.2, -0.15) is 8.61 Å². The third-order valence-corrected chi connectivity index (χ3v) is 28.4. The van der Waals surface area contributed by atoms with Crippen molar-refractivity contribution in [1.82, 2.24) is 42.6 Å². The standard InChI is InChI=1S/C36H47FN6O3S2Si.C23H20BrFN4O2S2/c1-36(2,3)49(4,5)46-30-19-29-22-41(18-17-40(29)23-30)35-39-21-34(47-35)48(44,45)43-16-14-27-7-6-8-31(32(27)24-43)33-20-38-25-42(33)15-13-26-9-11-28(37)12-10-26;24-23-27-13-22(32-23)33(30,31)29-11-9-17-2-1-3-19(20(17)14-29)21-12-26-15-28(21)10-8-16-4-6-18(25)7-5-16/h6-12,20-21,25,29-30H,13-19,22-24H2,1-5H3;1-7,12-13,15H,8-11,14H2/t29-,30+;/m0./s1. The summed E-state index contributed by atoms with van der Waals surface area (Å²) in [5, 5.41) is 0.952. The van der Waals surface area contributed by atoms with Crippen LogP contribution in [0.4, 0.5) is 13.9 Å². The minimum atomic E-state index is -3.74. The number of rotatable bonds is 15. The van der Waals surface area contributed by atoms with E-state index in [2.05, 4.69) is 107 Å². The lowest BCUT2D eigenvalue weighted by atomic mass is 9.94. The van der Waals surface area contributed by atoms with Gasteiger partial charge in [0.25, 0.3) is 20.0 Å². The Kier molecular flexibility index (Phi) is 17.1. The molecule has 0 N–H and O–H groups in total. The van der Waals surface area contributed by atoms with Gasteiger partial charge in [0.05, 0.1) is 54.9 Å². The zero-order valence-corrected chi connectivity index (χ0v) is 52.4. The normalized spacial score (nSPS) is 18.2. The Labute approximate surface area is 497 Å². The van der Waals surface area contributed by atoms with Crippen LogP contribution >= 0.6 is 38.6 Å². The molecule has 2 fully saturated rings. The maximum Gasteiger partial charge on any atom is 0.254 e. The number of aromatic nitrogens is 6. The summed E-state index contributed by atoms with van der Waals surface area (Å²) in [6.45, 7) is 17.9. The summed E-state index contributed by atoms with van der Waals surface area (Å²) in [4.78, 5) is 22.3. The van der Waals surface area contributed by atoms with Crippen LogP contribution in [0.2, 0.25) is 18.1 Å². The molecule has 0 aliphatic carbocycles. The Balaban J connectivity index is 0.000000186. The van der Waals surface area contributed by atoms with Gasteiger partial charge < -0.3 is 18.5 Å². The molecule has 4 aromatic carbocycles. The van der Waals surface area contributed by atoms with E-state index >= 15 is 0 Å². The molecule has 4 aromatic heterocycles. The smallest absolute Gasteiger partial charge is 0.254 e. The molecule has 2 atom stereocenters. The molecule has 0 amide bonds. The Bertz CT molecular complexity index is 3790. The first kappa shape index (κ1) is 58.4. The predicted octanol–water partition coefficient (Wildman–Crippen LogP) is 11.3. The van der Waals surface area contributed by atoms with E-state index in [1.807, 2.05) is 30.6 Å². The summed E-state index contributed by atoms with van der Waals surface area (Å²) < 4.78 is 96.3. The van der Waals surface area contributed by atoms with Gasteiger partial charge in [0.2, 0.25) is 0 Å². The average molecular weight is 1270 g/mol. The summed E-state index contributed by atoms with van der Waals surface area (Å²) in [5.41, 5.74) is 10.3. The molecule has 4 aliphatic heterocycles. The van der Waals surface area contributed by atoms with Crippen molar-refractivity contribution in [3.63, 3.8) is 0 Å². The van der Waals surface area contributed by atoms with Crippen LogP contribution in [0, 0.1) is 11.6 Å². The van der Waals surface area contributed by atoms with Crippen molar-refractivity contribution in [3.05, 3.63) is 171 Å². The minimum absolute atomic E-state index is 0.178. The predicted molar refractivity (Wildman–Crippen MR) is 324 cm³/mol. The maximum absolute atomic E-state index is 14.1. The molecule has 82 heavy (non-hydrogen) atoms. The van der Waals surface area contributed by atoms with Crippen molar-refractivity contribution in [3.8, 4) is 22.5 Å². The van der Waals surface area contributed by atoms with E-state index in [0.29, 0.717) is 66.3 Å².